The minimum Gasteiger partial charge on any atom is -0.452 e. The zero-order valence-electron chi connectivity index (χ0n) is 12.0. The van der Waals surface area contributed by atoms with Gasteiger partial charge in [-0.05, 0) is 40.2 Å². The minimum absolute atomic E-state index is 0.0283. The molecule has 0 saturated heterocycles. The van der Waals surface area contributed by atoms with Gasteiger partial charge in [-0.3, -0.25) is 0 Å². The fourth-order valence-corrected chi connectivity index (χ4v) is 2.64. The molecule has 0 aliphatic carbocycles. The SMILES string of the molecule is O=C(OCc1nnc(-c2ccccc2Br)o1)c1c(F)cccc1Cl. The number of aromatic nitrogens is 2. The van der Waals surface area contributed by atoms with E-state index in [4.69, 9.17) is 20.8 Å². The van der Waals surface area contributed by atoms with Crippen LogP contribution in [0.3, 0.4) is 0 Å². The van der Waals surface area contributed by atoms with Crippen molar-refractivity contribution in [2.75, 3.05) is 0 Å². The molecule has 0 radical (unpaired) electrons. The third kappa shape index (κ3) is 3.47. The molecule has 24 heavy (non-hydrogen) atoms. The molecule has 0 aliphatic rings. The molecular weight excluding hydrogens is 403 g/mol. The van der Waals surface area contributed by atoms with Crippen LogP contribution in [0.15, 0.2) is 51.4 Å². The van der Waals surface area contributed by atoms with Gasteiger partial charge in [0.25, 0.3) is 5.89 Å². The second-order valence-corrected chi connectivity index (χ2v) is 5.92. The first kappa shape index (κ1) is 16.6. The molecule has 0 fully saturated rings. The topological polar surface area (TPSA) is 65.2 Å². The van der Waals surface area contributed by atoms with Crippen LogP contribution in [0.25, 0.3) is 11.5 Å². The number of carbonyl (C=O) groups is 1. The molecule has 1 aromatic heterocycles. The summed E-state index contributed by atoms with van der Waals surface area (Å²) in [6, 6.07) is 11.2. The van der Waals surface area contributed by atoms with Crippen LogP contribution >= 0.6 is 27.5 Å². The maximum absolute atomic E-state index is 13.7. The van der Waals surface area contributed by atoms with E-state index in [9.17, 15) is 9.18 Å². The first-order chi connectivity index (χ1) is 11.6. The van der Waals surface area contributed by atoms with E-state index in [-0.39, 0.29) is 29.0 Å². The lowest BCUT2D eigenvalue weighted by Crippen LogP contribution is -2.08. The Morgan fingerprint density at radius 2 is 2.00 bits per heavy atom. The van der Waals surface area contributed by atoms with E-state index in [1.54, 1.807) is 6.07 Å². The van der Waals surface area contributed by atoms with Gasteiger partial charge in [0.05, 0.1) is 10.6 Å². The highest BCUT2D eigenvalue weighted by molar-refractivity contribution is 9.10. The van der Waals surface area contributed by atoms with Crippen molar-refractivity contribution in [3.05, 3.63) is 69.2 Å². The lowest BCUT2D eigenvalue weighted by molar-refractivity contribution is 0.0433. The lowest BCUT2D eigenvalue weighted by atomic mass is 10.2. The lowest BCUT2D eigenvalue weighted by Gasteiger charge is -2.05. The highest BCUT2D eigenvalue weighted by Gasteiger charge is 2.19. The Balaban J connectivity index is 1.72. The van der Waals surface area contributed by atoms with Gasteiger partial charge in [0.15, 0.2) is 6.61 Å². The average Bonchev–Trinajstić information content (AvgIpc) is 3.02. The molecule has 0 aliphatic heterocycles. The third-order valence-corrected chi connectivity index (χ3v) is 4.07. The van der Waals surface area contributed by atoms with Gasteiger partial charge in [0.1, 0.15) is 11.4 Å². The third-order valence-electron chi connectivity index (χ3n) is 3.06. The van der Waals surface area contributed by atoms with Gasteiger partial charge in [-0.15, -0.1) is 10.2 Å². The summed E-state index contributed by atoms with van der Waals surface area (Å²) in [5, 5.41) is 7.67. The molecule has 0 spiro atoms. The van der Waals surface area contributed by atoms with Crippen LogP contribution in [0, 0.1) is 5.82 Å². The number of nitrogens with zero attached hydrogens (tertiary/aromatic N) is 2. The van der Waals surface area contributed by atoms with E-state index in [2.05, 4.69) is 26.1 Å². The summed E-state index contributed by atoms with van der Waals surface area (Å²) in [5.41, 5.74) is 0.379. The van der Waals surface area contributed by atoms with Crippen LogP contribution in [0.2, 0.25) is 5.02 Å². The Kier molecular flexibility index (Phi) is 4.92. The zero-order valence-corrected chi connectivity index (χ0v) is 14.3. The molecule has 2 aromatic carbocycles. The van der Waals surface area contributed by atoms with Gasteiger partial charge in [-0.25, -0.2) is 9.18 Å². The maximum atomic E-state index is 13.7. The molecular formula is C16H9BrClFN2O3. The van der Waals surface area contributed by atoms with Crippen LogP contribution in [0.1, 0.15) is 16.2 Å². The molecule has 0 unspecified atom stereocenters. The van der Waals surface area contributed by atoms with E-state index in [1.165, 1.54) is 12.1 Å². The number of hydrogen-bond acceptors (Lipinski definition) is 5. The number of esters is 1. The Bertz CT molecular complexity index is 880. The Morgan fingerprint density at radius 3 is 2.75 bits per heavy atom. The minimum atomic E-state index is -0.904. The molecule has 0 amide bonds. The van der Waals surface area contributed by atoms with Crippen molar-refractivity contribution in [3.8, 4) is 11.5 Å². The average molecular weight is 412 g/mol. The Labute approximate surface area is 149 Å². The molecule has 3 rings (SSSR count). The Hall–Kier alpha value is -2.25. The van der Waals surface area contributed by atoms with E-state index >= 15 is 0 Å². The summed E-state index contributed by atoms with van der Waals surface area (Å²) < 4.78 is 24.9. The predicted molar refractivity (Wildman–Crippen MR) is 88.0 cm³/mol. The molecule has 8 heteroatoms. The number of carbonyl (C=O) groups excluding carboxylic acids is 1. The quantitative estimate of drug-likeness (QED) is 0.585. The number of hydrogen-bond donors (Lipinski definition) is 0. The van der Waals surface area contributed by atoms with Gasteiger partial charge in [0, 0.05) is 4.47 Å². The van der Waals surface area contributed by atoms with Gasteiger partial charge >= 0.3 is 5.97 Å². The number of rotatable bonds is 4. The highest BCUT2D eigenvalue weighted by Crippen LogP contribution is 2.27. The normalized spacial score (nSPS) is 10.6. The second kappa shape index (κ2) is 7.11. The molecule has 0 saturated carbocycles. The van der Waals surface area contributed by atoms with Crippen molar-refractivity contribution in [2.45, 2.75) is 6.61 Å². The number of benzene rings is 2. The summed E-state index contributed by atoms with van der Waals surface area (Å²) in [6.07, 6.45) is 0. The predicted octanol–water partition coefficient (Wildman–Crippen LogP) is 4.65. The van der Waals surface area contributed by atoms with Crippen molar-refractivity contribution >= 4 is 33.5 Å². The molecule has 0 N–H and O–H groups in total. The van der Waals surface area contributed by atoms with Crippen molar-refractivity contribution in [3.63, 3.8) is 0 Å². The van der Waals surface area contributed by atoms with Crippen molar-refractivity contribution in [2.24, 2.45) is 0 Å². The van der Waals surface area contributed by atoms with Gasteiger partial charge < -0.3 is 9.15 Å². The smallest absolute Gasteiger partial charge is 0.343 e. The fourth-order valence-electron chi connectivity index (χ4n) is 1.95. The van der Waals surface area contributed by atoms with E-state index in [0.29, 0.717) is 5.56 Å². The van der Waals surface area contributed by atoms with Crippen LogP contribution in [-0.4, -0.2) is 16.2 Å². The van der Waals surface area contributed by atoms with Crippen molar-refractivity contribution in [1.82, 2.24) is 10.2 Å². The second-order valence-electron chi connectivity index (χ2n) is 4.65. The Morgan fingerprint density at radius 1 is 1.21 bits per heavy atom. The van der Waals surface area contributed by atoms with Crippen molar-refractivity contribution in [1.29, 1.82) is 0 Å². The monoisotopic (exact) mass is 410 g/mol. The summed E-state index contributed by atoms with van der Waals surface area (Å²) in [4.78, 5) is 11.9. The van der Waals surface area contributed by atoms with Crippen LogP contribution in [0.5, 0.6) is 0 Å². The van der Waals surface area contributed by atoms with Gasteiger partial charge in [-0.1, -0.05) is 29.8 Å². The van der Waals surface area contributed by atoms with E-state index < -0.39 is 11.8 Å². The van der Waals surface area contributed by atoms with Gasteiger partial charge in [-0.2, -0.15) is 0 Å². The van der Waals surface area contributed by atoms with Crippen LogP contribution in [-0.2, 0) is 11.3 Å². The van der Waals surface area contributed by atoms with Crippen LogP contribution < -0.4 is 0 Å². The zero-order chi connectivity index (χ0) is 17.1. The molecule has 0 atom stereocenters. The highest BCUT2D eigenvalue weighted by atomic mass is 79.9. The summed E-state index contributed by atoms with van der Waals surface area (Å²) in [6.45, 7) is -0.291. The molecule has 3 aromatic rings. The van der Waals surface area contributed by atoms with Gasteiger partial charge in [0.2, 0.25) is 5.89 Å². The number of ether oxygens (including phenoxy) is 1. The number of halogens is 3. The fraction of sp³-hybridized carbons (Fsp3) is 0.0625. The molecule has 0 bridgehead atoms. The maximum Gasteiger partial charge on any atom is 0.343 e. The standard InChI is InChI=1S/C16H9BrClFN2O3/c17-10-5-2-1-4-9(10)15-21-20-13(24-15)8-23-16(22)14-11(18)6-3-7-12(14)19/h1-7H,8H2. The molecule has 122 valence electrons. The van der Waals surface area contributed by atoms with E-state index in [0.717, 1.165) is 10.5 Å². The summed E-state index contributed by atoms with van der Waals surface area (Å²) in [5.74, 6) is -1.30. The summed E-state index contributed by atoms with van der Waals surface area (Å²) >= 11 is 9.19. The molecule has 1 heterocycles. The first-order valence-corrected chi connectivity index (χ1v) is 7.92. The summed E-state index contributed by atoms with van der Waals surface area (Å²) in [7, 11) is 0. The van der Waals surface area contributed by atoms with Crippen molar-refractivity contribution < 1.29 is 18.3 Å². The molecule has 5 nitrogen and oxygen atoms in total. The largest absolute Gasteiger partial charge is 0.452 e. The van der Waals surface area contributed by atoms with E-state index in [1.807, 2.05) is 18.2 Å². The first-order valence-electron chi connectivity index (χ1n) is 6.74. The van der Waals surface area contributed by atoms with Crippen LogP contribution in [0.4, 0.5) is 4.39 Å².